The molecule has 0 aromatic carbocycles. The molecule has 0 amide bonds. The Balaban J connectivity index is 2.45. The second-order valence-electron chi connectivity index (χ2n) is 3.26. The third-order valence-corrected chi connectivity index (χ3v) is 3.23. The molecule has 0 fully saturated rings. The Labute approximate surface area is 81.8 Å². The van der Waals surface area contributed by atoms with E-state index < -0.39 is 0 Å². The average molecular weight is 196 g/mol. The summed E-state index contributed by atoms with van der Waals surface area (Å²) in [6.07, 6.45) is 2.56. The van der Waals surface area contributed by atoms with Crippen LogP contribution in [0.5, 0.6) is 0 Å². The molecule has 1 aliphatic heterocycles. The van der Waals surface area contributed by atoms with E-state index in [-0.39, 0.29) is 5.78 Å². The molecule has 0 radical (unpaired) electrons. The topological polar surface area (TPSA) is 25.2 Å². The van der Waals surface area contributed by atoms with Crippen LogP contribution in [0.2, 0.25) is 0 Å². The predicted molar refractivity (Wildman–Crippen MR) is 52.8 cm³/mol. The molecule has 3 nitrogen and oxygen atoms in total. The van der Waals surface area contributed by atoms with Crippen molar-refractivity contribution >= 4 is 17.7 Å². The van der Waals surface area contributed by atoms with E-state index in [4.69, 9.17) is 0 Å². The average Bonchev–Trinajstić information content (AvgIpc) is 2.36. The van der Waals surface area contributed by atoms with E-state index in [1.165, 1.54) is 0 Å². The van der Waals surface area contributed by atoms with Gasteiger partial charge in [-0.05, 0) is 25.1 Å². The van der Waals surface area contributed by atoms with Crippen LogP contribution in [0.1, 0.15) is 16.9 Å². The minimum atomic E-state index is 0.249. The maximum Gasteiger partial charge on any atom is 0.181 e. The van der Waals surface area contributed by atoms with Crippen LogP contribution in [0.3, 0.4) is 0 Å². The van der Waals surface area contributed by atoms with Crippen LogP contribution in [-0.4, -0.2) is 28.2 Å². The Morgan fingerprint density at radius 3 is 3.00 bits per heavy atom. The second kappa shape index (κ2) is 3.20. The first-order valence-corrected chi connectivity index (χ1v) is 5.03. The van der Waals surface area contributed by atoms with Gasteiger partial charge in [0.25, 0.3) is 0 Å². The molecular weight excluding hydrogens is 184 g/mol. The van der Waals surface area contributed by atoms with Gasteiger partial charge in [-0.25, -0.2) is 4.31 Å². The van der Waals surface area contributed by atoms with E-state index >= 15 is 0 Å². The smallest absolute Gasteiger partial charge is 0.181 e. The zero-order chi connectivity index (χ0) is 9.42. The van der Waals surface area contributed by atoms with Gasteiger partial charge in [0.1, 0.15) is 0 Å². The lowest BCUT2D eigenvalue weighted by molar-refractivity contribution is 0.0970. The number of aromatic nitrogens is 1. The van der Waals surface area contributed by atoms with Crippen LogP contribution in [0.15, 0.2) is 17.2 Å². The van der Waals surface area contributed by atoms with Crippen molar-refractivity contribution in [1.29, 1.82) is 0 Å². The summed E-state index contributed by atoms with van der Waals surface area (Å²) in [6.45, 7) is 0.832. The number of fused-ring (bicyclic) bond motifs is 1. The fourth-order valence-corrected chi connectivity index (χ4v) is 2.49. The lowest BCUT2D eigenvalue weighted by atomic mass is 10.2. The molecule has 1 aromatic rings. The van der Waals surface area contributed by atoms with E-state index in [9.17, 15) is 4.79 Å². The minimum absolute atomic E-state index is 0.249. The largest absolute Gasteiger partial charge is 0.347 e. The number of carbonyl (C=O) groups is 1. The lowest BCUT2D eigenvalue weighted by Crippen LogP contribution is -2.11. The first-order chi connectivity index (χ1) is 6.18. The molecule has 1 aromatic heterocycles. The van der Waals surface area contributed by atoms with Crippen molar-refractivity contribution in [2.45, 2.75) is 11.3 Å². The zero-order valence-corrected chi connectivity index (χ0v) is 8.60. The first-order valence-electron chi connectivity index (χ1n) is 4.26. The molecule has 0 saturated carbocycles. The van der Waals surface area contributed by atoms with Gasteiger partial charge in [-0.1, -0.05) is 0 Å². The number of ketones is 1. The highest BCUT2D eigenvalue weighted by Crippen LogP contribution is 2.29. The lowest BCUT2D eigenvalue weighted by Gasteiger charge is -2.09. The van der Waals surface area contributed by atoms with Crippen LogP contribution in [0, 0.1) is 0 Å². The highest BCUT2D eigenvalue weighted by atomic mass is 32.2. The van der Waals surface area contributed by atoms with Crippen molar-refractivity contribution in [3.8, 4) is 0 Å². The molecule has 0 unspecified atom stereocenters. The van der Waals surface area contributed by atoms with Gasteiger partial charge in [0, 0.05) is 26.2 Å². The second-order valence-corrected chi connectivity index (χ2v) is 4.50. The third-order valence-electron chi connectivity index (χ3n) is 2.21. The molecule has 2 heterocycles. The van der Waals surface area contributed by atoms with E-state index in [1.807, 2.05) is 30.9 Å². The molecule has 13 heavy (non-hydrogen) atoms. The number of aryl methyl sites for hydroxylation is 1. The van der Waals surface area contributed by atoms with Crippen molar-refractivity contribution < 1.29 is 4.79 Å². The summed E-state index contributed by atoms with van der Waals surface area (Å²) in [4.78, 5) is 12.7. The van der Waals surface area contributed by atoms with E-state index in [0.29, 0.717) is 6.42 Å². The highest BCUT2D eigenvalue weighted by Gasteiger charge is 2.21. The minimum Gasteiger partial charge on any atom is -0.347 e. The van der Waals surface area contributed by atoms with Crippen LogP contribution in [0.25, 0.3) is 0 Å². The molecule has 0 spiro atoms. The summed E-state index contributed by atoms with van der Waals surface area (Å²) in [5, 5.41) is 0. The summed E-state index contributed by atoms with van der Waals surface area (Å²) in [6, 6.07) is 2.00. The Morgan fingerprint density at radius 2 is 2.23 bits per heavy atom. The molecular formula is C9H12N2OS. The molecule has 0 bridgehead atoms. The Morgan fingerprint density at radius 1 is 1.46 bits per heavy atom. The van der Waals surface area contributed by atoms with Gasteiger partial charge in [-0.15, -0.1) is 0 Å². The maximum atomic E-state index is 11.7. The summed E-state index contributed by atoms with van der Waals surface area (Å²) < 4.78 is 4.01. The van der Waals surface area contributed by atoms with Gasteiger partial charge >= 0.3 is 0 Å². The third kappa shape index (κ3) is 1.51. The fourth-order valence-electron chi connectivity index (χ4n) is 1.51. The van der Waals surface area contributed by atoms with Crippen molar-refractivity contribution in [3.05, 3.63) is 18.0 Å². The number of hydrogen-bond acceptors (Lipinski definition) is 3. The Bertz CT molecular complexity index is 345. The monoisotopic (exact) mass is 196 g/mol. The maximum absolute atomic E-state index is 11.7. The number of nitrogens with zero attached hydrogens (tertiary/aromatic N) is 2. The summed E-state index contributed by atoms with van der Waals surface area (Å²) in [5.74, 6) is 0.249. The van der Waals surface area contributed by atoms with Crippen molar-refractivity contribution in [1.82, 2.24) is 8.87 Å². The zero-order valence-electron chi connectivity index (χ0n) is 7.78. The quantitative estimate of drug-likeness (QED) is 0.589. The summed E-state index contributed by atoms with van der Waals surface area (Å²) >= 11 is 1.65. The van der Waals surface area contributed by atoms with Gasteiger partial charge in [-0.3, -0.25) is 4.79 Å². The molecule has 0 atom stereocenters. The molecule has 0 aliphatic carbocycles. The van der Waals surface area contributed by atoms with Crippen LogP contribution >= 0.6 is 11.9 Å². The highest BCUT2D eigenvalue weighted by molar-refractivity contribution is 7.97. The van der Waals surface area contributed by atoms with Crippen molar-refractivity contribution in [2.75, 3.05) is 13.6 Å². The standard InChI is InChI=1S/C9H12N2OS/c1-10-5-4-8-9(10)7(12)3-6-11(2)13-8/h4-5H,3,6H2,1-2H3. The van der Waals surface area contributed by atoms with Crippen LogP contribution < -0.4 is 0 Å². The molecule has 0 saturated heterocycles. The Hall–Kier alpha value is -0.740. The number of Topliss-reactive ketones (excluding diaryl/α,β-unsaturated/α-hetero) is 1. The van der Waals surface area contributed by atoms with Gasteiger partial charge in [0.15, 0.2) is 5.78 Å². The van der Waals surface area contributed by atoms with Crippen LogP contribution in [-0.2, 0) is 7.05 Å². The van der Waals surface area contributed by atoms with Gasteiger partial charge in [0.2, 0.25) is 0 Å². The Kier molecular flexibility index (Phi) is 2.17. The van der Waals surface area contributed by atoms with Crippen molar-refractivity contribution in [3.63, 3.8) is 0 Å². The SMILES string of the molecule is CN1CCC(=O)c2c(ccn2C)S1. The number of carbonyl (C=O) groups excluding carboxylic acids is 1. The predicted octanol–water partition coefficient (Wildman–Crippen LogP) is 1.55. The van der Waals surface area contributed by atoms with Gasteiger partial charge in [0.05, 0.1) is 10.6 Å². The van der Waals surface area contributed by atoms with E-state index in [1.54, 1.807) is 11.9 Å². The fraction of sp³-hybridized carbons (Fsp3) is 0.444. The van der Waals surface area contributed by atoms with E-state index in [2.05, 4.69) is 4.31 Å². The van der Waals surface area contributed by atoms with E-state index in [0.717, 1.165) is 17.1 Å². The molecule has 1 aliphatic rings. The number of hydrogen-bond donors (Lipinski definition) is 0. The normalized spacial score (nSPS) is 18.5. The first kappa shape index (κ1) is 8.84. The van der Waals surface area contributed by atoms with Crippen LogP contribution in [0.4, 0.5) is 0 Å². The van der Waals surface area contributed by atoms with Crippen molar-refractivity contribution in [2.24, 2.45) is 7.05 Å². The molecule has 0 N–H and O–H groups in total. The van der Waals surface area contributed by atoms with Gasteiger partial charge < -0.3 is 4.57 Å². The molecule has 2 rings (SSSR count). The summed E-state index contributed by atoms with van der Waals surface area (Å²) in [7, 11) is 3.93. The van der Waals surface area contributed by atoms with Gasteiger partial charge in [-0.2, -0.15) is 0 Å². The summed E-state index contributed by atoms with van der Waals surface area (Å²) in [5.41, 5.74) is 0.856. The molecule has 4 heteroatoms. The number of rotatable bonds is 0. The molecule has 70 valence electrons.